The molecule has 2 N–H and O–H groups in total. The molecule has 1 heterocycles. The van der Waals surface area contributed by atoms with Gasteiger partial charge in [-0.2, -0.15) is 0 Å². The number of aromatic nitrogens is 3. The fraction of sp³-hybridized carbons (Fsp3) is 0. The van der Waals surface area contributed by atoms with Gasteiger partial charge in [0.25, 0.3) is 5.91 Å². The third kappa shape index (κ3) is 1.14. The molecule has 0 unspecified atom stereocenters. The van der Waals surface area contributed by atoms with Crippen LogP contribution in [-0.4, -0.2) is 31.5 Å². The minimum Gasteiger partial charge on any atom is -0.384 e. The summed E-state index contributed by atoms with van der Waals surface area (Å²) in [6.45, 7) is 0. The molecule has 1 rings (SSSR count). The largest absolute Gasteiger partial charge is 0.384 e. The van der Waals surface area contributed by atoms with Crippen LogP contribution in [-0.2, 0) is 0 Å². The molecule has 0 aliphatic carbocycles. The van der Waals surface area contributed by atoms with Crippen LogP contribution in [0.1, 0.15) is 10.6 Å². The summed E-state index contributed by atoms with van der Waals surface area (Å²) in [5, 5.41) is 6.00. The Morgan fingerprint density at radius 2 is 2.67 bits per heavy atom. The van der Waals surface area contributed by atoms with Gasteiger partial charge < -0.3 is 4.98 Å². The number of H-pyrrole nitrogens is 1. The zero-order chi connectivity index (χ0) is 6.69. The highest BCUT2D eigenvalue weighted by Gasteiger charge is 2.03. The zero-order valence-electron chi connectivity index (χ0n) is 4.88. The number of nitrogens with zero attached hydrogens (tertiary/aromatic N) is 2. The Labute approximate surface area is 54.4 Å². The van der Waals surface area contributed by atoms with E-state index >= 15 is 0 Å². The van der Waals surface area contributed by atoms with Gasteiger partial charge in [0.2, 0.25) is 5.82 Å². The van der Waals surface area contributed by atoms with E-state index in [4.69, 9.17) is 0 Å². The molecule has 5 nitrogen and oxygen atoms in total. The predicted octanol–water partition coefficient (Wildman–Crippen LogP) is -2.19. The van der Waals surface area contributed by atoms with E-state index in [0.717, 1.165) is 0 Å². The van der Waals surface area contributed by atoms with Gasteiger partial charge in [-0.15, -0.1) is 5.10 Å². The minimum atomic E-state index is -0.220. The van der Waals surface area contributed by atoms with Crippen LogP contribution in [0.25, 0.3) is 0 Å². The van der Waals surface area contributed by atoms with E-state index in [9.17, 15) is 4.79 Å². The van der Waals surface area contributed by atoms with Crippen LogP contribution in [0.2, 0.25) is 0 Å². The lowest BCUT2D eigenvalue weighted by atomic mass is 10.6. The Kier molecular flexibility index (Phi) is 1.59. The maximum atomic E-state index is 10.7. The molecule has 0 aliphatic heterocycles. The lowest BCUT2D eigenvalue weighted by Crippen LogP contribution is -2.20. The highest BCUT2D eigenvalue weighted by atomic mass is 28.2. The van der Waals surface area contributed by atoms with Crippen molar-refractivity contribution in [3.8, 4) is 0 Å². The van der Waals surface area contributed by atoms with Crippen molar-refractivity contribution >= 4 is 16.3 Å². The predicted molar refractivity (Wildman–Crippen MR) is 33.8 cm³/mol. The molecule has 1 aromatic rings. The fourth-order valence-electron chi connectivity index (χ4n) is 0.430. The first-order chi connectivity index (χ1) is 4.34. The van der Waals surface area contributed by atoms with Gasteiger partial charge in [-0.3, -0.25) is 9.89 Å². The van der Waals surface area contributed by atoms with Gasteiger partial charge in [0.1, 0.15) is 16.7 Å². The van der Waals surface area contributed by atoms with E-state index in [2.05, 4.69) is 20.2 Å². The number of aromatic amines is 1. The van der Waals surface area contributed by atoms with E-state index < -0.39 is 0 Å². The lowest BCUT2D eigenvalue weighted by Gasteiger charge is -1.88. The van der Waals surface area contributed by atoms with Gasteiger partial charge >= 0.3 is 0 Å². The zero-order valence-corrected chi connectivity index (χ0v) is 6.88. The number of carbonyl (C=O) groups excluding carboxylic acids is 1. The average Bonchev–Trinajstić information content (AvgIpc) is 2.37. The van der Waals surface area contributed by atoms with Gasteiger partial charge in [0.05, 0.1) is 0 Å². The molecular formula is C3H6N4OSi. The topological polar surface area (TPSA) is 70.7 Å². The van der Waals surface area contributed by atoms with Gasteiger partial charge in [-0.05, 0) is 0 Å². The molecular weight excluding hydrogens is 136 g/mol. The van der Waals surface area contributed by atoms with E-state index in [1.54, 1.807) is 0 Å². The number of hydrogen-bond acceptors (Lipinski definition) is 3. The Balaban J connectivity index is 2.77. The van der Waals surface area contributed by atoms with E-state index in [0.29, 0.717) is 10.4 Å². The van der Waals surface area contributed by atoms with Crippen LogP contribution in [0.4, 0.5) is 0 Å². The fourth-order valence-corrected chi connectivity index (χ4v) is 0.654. The normalized spacial score (nSPS) is 9.33. The van der Waals surface area contributed by atoms with Gasteiger partial charge in [-0.25, -0.2) is 4.98 Å². The van der Waals surface area contributed by atoms with Crippen molar-refractivity contribution in [2.45, 2.75) is 0 Å². The Bertz CT molecular complexity index is 196. The number of amides is 1. The number of rotatable bonds is 1. The summed E-state index contributed by atoms with van der Waals surface area (Å²) in [5.74, 6) is -0.0204. The third-order valence-electron chi connectivity index (χ3n) is 0.845. The summed E-state index contributed by atoms with van der Waals surface area (Å²) >= 11 is 0. The molecule has 1 aromatic heterocycles. The molecule has 1 amide bonds. The first-order valence-electron chi connectivity index (χ1n) is 2.42. The van der Waals surface area contributed by atoms with Crippen LogP contribution in [0.3, 0.4) is 0 Å². The molecule has 0 saturated carbocycles. The molecule has 0 radical (unpaired) electrons. The Morgan fingerprint density at radius 1 is 1.89 bits per heavy atom. The summed E-state index contributed by atoms with van der Waals surface area (Å²) in [6, 6.07) is 0. The van der Waals surface area contributed by atoms with Crippen molar-refractivity contribution in [3.63, 3.8) is 0 Å². The highest BCUT2D eigenvalue weighted by Crippen LogP contribution is 1.81. The van der Waals surface area contributed by atoms with Gasteiger partial charge in [-0.1, -0.05) is 0 Å². The average molecular weight is 142 g/mol. The quantitative estimate of drug-likeness (QED) is 0.438. The van der Waals surface area contributed by atoms with Crippen LogP contribution in [0.15, 0.2) is 6.33 Å². The Hall–Kier alpha value is -1.17. The van der Waals surface area contributed by atoms with E-state index in [-0.39, 0.29) is 11.7 Å². The minimum absolute atomic E-state index is 0.199. The lowest BCUT2D eigenvalue weighted by molar-refractivity contribution is 0.0972. The van der Waals surface area contributed by atoms with Crippen molar-refractivity contribution in [3.05, 3.63) is 12.2 Å². The molecule has 0 spiro atoms. The molecule has 48 valence electrons. The first-order valence-corrected chi connectivity index (χ1v) is 3.42. The molecule has 0 fully saturated rings. The summed E-state index contributed by atoms with van der Waals surface area (Å²) < 4.78 is 0. The summed E-state index contributed by atoms with van der Waals surface area (Å²) in [4.78, 5) is 16.8. The van der Waals surface area contributed by atoms with Crippen molar-refractivity contribution in [2.24, 2.45) is 0 Å². The van der Waals surface area contributed by atoms with Crippen molar-refractivity contribution < 1.29 is 4.79 Å². The highest BCUT2D eigenvalue weighted by molar-refractivity contribution is 6.17. The monoisotopic (exact) mass is 142 g/mol. The van der Waals surface area contributed by atoms with Gasteiger partial charge in [0, 0.05) is 0 Å². The summed E-state index contributed by atoms with van der Waals surface area (Å²) in [6.07, 6.45) is 1.37. The third-order valence-corrected chi connectivity index (χ3v) is 1.30. The summed E-state index contributed by atoms with van der Waals surface area (Å²) in [5.41, 5.74) is 0. The van der Waals surface area contributed by atoms with Crippen molar-refractivity contribution in [1.29, 1.82) is 0 Å². The van der Waals surface area contributed by atoms with Crippen molar-refractivity contribution in [1.82, 2.24) is 20.2 Å². The Morgan fingerprint density at radius 3 is 3.11 bits per heavy atom. The summed E-state index contributed by atoms with van der Waals surface area (Å²) in [7, 11) is 0.626. The number of hydrogen-bond donors (Lipinski definition) is 2. The van der Waals surface area contributed by atoms with Crippen LogP contribution >= 0.6 is 0 Å². The number of nitrogens with one attached hydrogen (secondary N) is 2. The molecule has 0 bridgehead atoms. The second-order valence-corrected chi connectivity index (χ2v) is 1.90. The first kappa shape index (κ1) is 5.95. The smallest absolute Gasteiger partial charge is 0.282 e. The van der Waals surface area contributed by atoms with Crippen LogP contribution < -0.4 is 4.98 Å². The molecule has 0 saturated heterocycles. The van der Waals surface area contributed by atoms with Gasteiger partial charge in [0.15, 0.2) is 0 Å². The molecule has 0 aromatic carbocycles. The molecule has 9 heavy (non-hydrogen) atoms. The van der Waals surface area contributed by atoms with Crippen LogP contribution in [0, 0.1) is 0 Å². The molecule has 0 aliphatic rings. The van der Waals surface area contributed by atoms with Crippen molar-refractivity contribution in [2.75, 3.05) is 0 Å². The molecule has 0 atom stereocenters. The van der Waals surface area contributed by atoms with E-state index in [1.807, 2.05) is 0 Å². The molecule has 6 heteroatoms. The van der Waals surface area contributed by atoms with Crippen LogP contribution in [0.5, 0.6) is 0 Å². The standard InChI is InChI=1S/C3H6N4OSi/c8-3(7-9)2-4-1-5-6-2/h1H,9H3,(H,7,8)(H,4,5,6). The SMILES string of the molecule is O=C(N[SiH3])c1nc[nH]n1. The maximum Gasteiger partial charge on any atom is 0.282 e. The number of carbonyl (C=O) groups is 1. The van der Waals surface area contributed by atoms with E-state index in [1.165, 1.54) is 6.33 Å². The second kappa shape index (κ2) is 2.40. The maximum absolute atomic E-state index is 10.7. The second-order valence-electron chi connectivity index (χ2n) is 1.40.